The van der Waals surface area contributed by atoms with Crippen LogP contribution in [0.15, 0.2) is 0 Å². The monoisotopic (exact) mass is 260 g/mol. The topological polar surface area (TPSA) is 32.3 Å². The van der Waals surface area contributed by atoms with Gasteiger partial charge in [-0.15, -0.1) is 12.4 Å². The lowest BCUT2D eigenvalue weighted by Crippen LogP contribution is -2.51. The molecule has 2 fully saturated rings. The summed E-state index contributed by atoms with van der Waals surface area (Å²) in [5.74, 6) is 1.13. The summed E-state index contributed by atoms with van der Waals surface area (Å²) in [4.78, 5) is 14.3. The number of carbonyl (C=O) groups is 1. The van der Waals surface area contributed by atoms with Crippen LogP contribution in [0, 0.1) is 11.8 Å². The summed E-state index contributed by atoms with van der Waals surface area (Å²) in [6.45, 7) is 4.13. The number of hydrogen-bond acceptors (Lipinski definition) is 2. The zero-order valence-corrected chi connectivity index (χ0v) is 11.8. The third kappa shape index (κ3) is 3.35. The van der Waals surface area contributed by atoms with Gasteiger partial charge in [0.2, 0.25) is 5.91 Å². The number of amides is 1. The Labute approximate surface area is 111 Å². The first kappa shape index (κ1) is 14.8. The molecule has 1 atom stereocenters. The molecule has 0 aromatic rings. The highest BCUT2D eigenvalue weighted by Crippen LogP contribution is 2.25. The highest BCUT2D eigenvalue weighted by molar-refractivity contribution is 5.85. The second kappa shape index (κ2) is 6.60. The molecule has 0 aromatic carbocycles. The molecule has 1 N–H and O–H groups in total. The molecule has 0 bridgehead atoms. The van der Waals surface area contributed by atoms with Crippen molar-refractivity contribution in [2.75, 3.05) is 20.1 Å². The lowest BCUT2D eigenvalue weighted by atomic mass is 9.86. The lowest BCUT2D eigenvalue weighted by molar-refractivity contribution is -0.138. The first-order valence-electron chi connectivity index (χ1n) is 6.67. The van der Waals surface area contributed by atoms with Crippen molar-refractivity contribution in [2.45, 2.75) is 45.1 Å². The predicted molar refractivity (Wildman–Crippen MR) is 72.4 cm³/mol. The van der Waals surface area contributed by atoms with Crippen LogP contribution in [-0.4, -0.2) is 37.0 Å². The molecule has 0 radical (unpaired) electrons. The van der Waals surface area contributed by atoms with Crippen molar-refractivity contribution in [1.82, 2.24) is 10.2 Å². The molecule has 1 unspecified atom stereocenters. The van der Waals surface area contributed by atoms with Gasteiger partial charge in [0.05, 0.1) is 0 Å². The van der Waals surface area contributed by atoms with Crippen molar-refractivity contribution in [3.8, 4) is 0 Å². The summed E-state index contributed by atoms with van der Waals surface area (Å²) in [7, 11) is 2.00. The van der Waals surface area contributed by atoms with Crippen LogP contribution in [-0.2, 0) is 4.79 Å². The number of rotatable bonds is 3. The maximum Gasteiger partial charge on any atom is 0.225 e. The molecule has 100 valence electrons. The van der Waals surface area contributed by atoms with Gasteiger partial charge in [0.1, 0.15) is 0 Å². The van der Waals surface area contributed by atoms with Crippen molar-refractivity contribution >= 4 is 18.3 Å². The Bertz CT molecular complexity index is 250. The lowest BCUT2D eigenvalue weighted by Gasteiger charge is -2.37. The summed E-state index contributed by atoms with van der Waals surface area (Å²) < 4.78 is 0. The normalized spacial score (nSPS) is 23.4. The van der Waals surface area contributed by atoms with Gasteiger partial charge in [-0.05, 0) is 31.8 Å². The molecule has 1 saturated heterocycles. The molecule has 0 aromatic heterocycles. The fourth-order valence-electron chi connectivity index (χ4n) is 2.84. The fourth-order valence-corrected chi connectivity index (χ4v) is 2.84. The quantitative estimate of drug-likeness (QED) is 0.843. The van der Waals surface area contributed by atoms with Gasteiger partial charge in [0.25, 0.3) is 0 Å². The third-order valence-electron chi connectivity index (χ3n) is 4.38. The van der Waals surface area contributed by atoms with Gasteiger partial charge >= 0.3 is 0 Å². The average molecular weight is 261 g/mol. The zero-order valence-electron chi connectivity index (χ0n) is 10.9. The Balaban J connectivity index is 0.00000144. The van der Waals surface area contributed by atoms with Gasteiger partial charge in [-0.25, -0.2) is 0 Å². The molecule has 0 spiro atoms. The van der Waals surface area contributed by atoms with E-state index in [-0.39, 0.29) is 18.3 Å². The van der Waals surface area contributed by atoms with Crippen molar-refractivity contribution < 1.29 is 4.79 Å². The molecule has 1 heterocycles. The molecule has 2 aliphatic rings. The summed E-state index contributed by atoms with van der Waals surface area (Å²) in [5, 5.41) is 3.24. The smallest absolute Gasteiger partial charge is 0.225 e. The van der Waals surface area contributed by atoms with Gasteiger partial charge in [0, 0.05) is 19.0 Å². The Morgan fingerprint density at radius 2 is 1.82 bits per heavy atom. The molecule has 1 aliphatic heterocycles. The molecule has 1 amide bonds. The summed E-state index contributed by atoms with van der Waals surface area (Å²) >= 11 is 0. The number of halogens is 1. The molecule has 4 heteroatoms. The molecular formula is C13H25ClN2O. The minimum Gasteiger partial charge on any atom is -0.343 e. The van der Waals surface area contributed by atoms with Gasteiger partial charge in [0.15, 0.2) is 0 Å². The van der Waals surface area contributed by atoms with Crippen LogP contribution in [0.5, 0.6) is 0 Å². The van der Waals surface area contributed by atoms with Crippen LogP contribution in [0.3, 0.4) is 0 Å². The Morgan fingerprint density at radius 3 is 2.29 bits per heavy atom. The Hall–Kier alpha value is -0.280. The molecule has 1 aliphatic carbocycles. The van der Waals surface area contributed by atoms with Crippen LogP contribution < -0.4 is 5.32 Å². The summed E-state index contributed by atoms with van der Waals surface area (Å²) in [6.07, 6.45) is 6.35. The van der Waals surface area contributed by atoms with E-state index < -0.39 is 0 Å². The van der Waals surface area contributed by atoms with Crippen molar-refractivity contribution in [2.24, 2.45) is 11.8 Å². The van der Waals surface area contributed by atoms with Crippen LogP contribution in [0.2, 0.25) is 0 Å². The number of carbonyl (C=O) groups excluding carboxylic acids is 1. The Morgan fingerprint density at radius 1 is 1.24 bits per heavy atom. The highest BCUT2D eigenvalue weighted by atomic mass is 35.5. The van der Waals surface area contributed by atoms with E-state index in [0.29, 0.717) is 17.9 Å². The first-order valence-corrected chi connectivity index (χ1v) is 6.67. The van der Waals surface area contributed by atoms with Gasteiger partial charge < -0.3 is 10.2 Å². The van der Waals surface area contributed by atoms with E-state index in [1.807, 2.05) is 11.9 Å². The second-order valence-electron chi connectivity index (χ2n) is 5.45. The average Bonchev–Trinajstić information content (AvgIpc) is 2.26. The third-order valence-corrected chi connectivity index (χ3v) is 4.38. The van der Waals surface area contributed by atoms with Crippen LogP contribution >= 0.6 is 12.4 Å². The SMILES string of the molecule is CC(C(=O)N(C)C1CCCCC1)C1CNC1.Cl. The van der Waals surface area contributed by atoms with Crippen LogP contribution in [0.4, 0.5) is 0 Å². The highest BCUT2D eigenvalue weighted by Gasteiger charge is 2.32. The first-order chi connectivity index (χ1) is 7.70. The van der Waals surface area contributed by atoms with E-state index in [2.05, 4.69) is 12.2 Å². The maximum atomic E-state index is 12.3. The second-order valence-corrected chi connectivity index (χ2v) is 5.45. The summed E-state index contributed by atoms with van der Waals surface area (Å²) in [6, 6.07) is 0.511. The molecule has 3 nitrogen and oxygen atoms in total. The molecule has 1 saturated carbocycles. The Kier molecular flexibility index (Phi) is 5.74. The minimum atomic E-state index is 0. The van der Waals surface area contributed by atoms with Crippen LogP contribution in [0.1, 0.15) is 39.0 Å². The van der Waals surface area contributed by atoms with E-state index >= 15 is 0 Å². The van der Waals surface area contributed by atoms with Gasteiger partial charge in [-0.2, -0.15) is 0 Å². The van der Waals surface area contributed by atoms with Crippen molar-refractivity contribution in [3.63, 3.8) is 0 Å². The van der Waals surface area contributed by atoms with E-state index in [0.717, 1.165) is 13.1 Å². The number of hydrogen-bond donors (Lipinski definition) is 1. The van der Waals surface area contributed by atoms with E-state index in [1.165, 1.54) is 32.1 Å². The molecule has 17 heavy (non-hydrogen) atoms. The van der Waals surface area contributed by atoms with E-state index in [4.69, 9.17) is 0 Å². The van der Waals surface area contributed by atoms with E-state index in [9.17, 15) is 4.79 Å². The summed E-state index contributed by atoms with van der Waals surface area (Å²) in [5.41, 5.74) is 0. The standard InChI is InChI=1S/C13H24N2O.ClH/c1-10(11-8-14-9-11)13(16)15(2)12-6-4-3-5-7-12;/h10-12,14H,3-9H2,1-2H3;1H. The number of nitrogens with zero attached hydrogens (tertiary/aromatic N) is 1. The largest absolute Gasteiger partial charge is 0.343 e. The van der Waals surface area contributed by atoms with Gasteiger partial charge in [-0.1, -0.05) is 26.2 Å². The number of nitrogens with one attached hydrogen (secondary N) is 1. The fraction of sp³-hybridized carbons (Fsp3) is 0.923. The van der Waals surface area contributed by atoms with E-state index in [1.54, 1.807) is 0 Å². The maximum absolute atomic E-state index is 12.3. The zero-order chi connectivity index (χ0) is 11.5. The van der Waals surface area contributed by atoms with Crippen molar-refractivity contribution in [1.29, 1.82) is 0 Å². The molecule has 2 rings (SSSR count). The molecular weight excluding hydrogens is 236 g/mol. The van der Waals surface area contributed by atoms with Crippen LogP contribution in [0.25, 0.3) is 0 Å². The van der Waals surface area contributed by atoms with Crippen molar-refractivity contribution in [3.05, 3.63) is 0 Å². The predicted octanol–water partition coefficient (Wildman–Crippen LogP) is 2.05. The minimum absolute atomic E-state index is 0. The van der Waals surface area contributed by atoms with Gasteiger partial charge in [-0.3, -0.25) is 4.79 Å².